The van der Waals surface area contributed by atoms with Gasteiger partial charge in [-0.3, -0.25) is 4.98 Å². The van der Waals surface area contributed by atoms with Crippen molar-refractivity contribution >= 4 is 27.4 Å². The monoisotopic (exact) mass is 299 g/mol. The van der Waals surface area contributed by atoms with E-state index >= 15 is 0 Å². The lowest BCUT2D eigenvalue weighted by Crippen LogP contribution is -1.94. The fraction of sp³-hybridized carbons (Fsp3) is 0.125. The highest BCUT2D eigenvalue weighted by molar-refractivity contribution is 7.21. The van der Waals surface area contributed by atoms with Gasteiger partial charge >= 0.3 is 5.97 Å². The molecule has 0 saturated carbocycles. The minimum Gasteiger partial charge on any atom is -0.477 e. The topological polar surface area (TPSA) is 59.4 Å². The average molecular weight is 299 g/mol. The Morgan fingerprint density at radius 1 is 1.19 bits per heavy atom. The number of pyridine rings is 1. The number of carboxylic acid groups (broad SMARTS) is 1. The molecule has 0 radical (unpaired) electrons. The SMILES string of the molecule is Cc1ccc(Oc2cncc3sc(C(=O)O)c(C)c23)cc1. The highest BCUT2D eigenvalue weighted by atomic mass is 32.1. The lowest BCUT2D eigenvalue weighted by atomic mass is 10.1. The zero-order chi connectivity index (χ0) is 15.0. The highest BCUT2D eigenvalue weighted by Crippen LogP contribution is 2.38. The zero-order valence-electron chi connectivity index (χ0n) is 11.6. The van der Waals surface area contributed by atoms with Crippen LogP contribution in [-0.4, -0.2) is 16.1 Å². The number of carbonyl (C=O) groups is 1. The Kier molecular flexibility index (Phi) is 3.35. The van der Waals surface area contributed by atoms with Crippen LogP contribution in [0, 0.1) is 13.8 Å². The molecule has 3 aromatic rings. The summed E-state index contributed by atoms with van der Waals surface area (Å²) in [5.74, 6) is 0.366. The quantitative estimate of drug-likeness (QED) is 0.778. The van der Waals surface area contributed by atoms with Crippen LogP contribution in [0.4, 0.5) is 0 Å². The van der Waals surface area contributed by atoms with Crippen molar-refractivity contribution in [2.24, 2.45) is 0 Å². The van der Waals surface area contributed by atoms with Gasteiger partial charge in [0.15, 0.2) is 5.75 Å². The van der Waals surface area contributed by atoms with Crippen LogP contribution in [0.1, 0.15) is 20.8 Å². The molecule has 5 heteroatoms. The largest absolute Gasteiger partial charge is 0.477 e. The van der Waals surface area contributed by atoms with E-state index < -0.39 is 5.97 Å². The van der Waals surface area contributed by atoms with E-state index in [1.807, 2.05) is 31.2 Å². The molecule has 0 aliphatic rings. The van der Waals surface area contributed by atoms with Crippen LogP contribution in [0.3, 0.4) is 0 Å². The van der Waals surface area contributed by atoms with Gasteiger partial charge in [-0.25, -0.2) is 4.79 Å². The van der Waals surface area contributed by atoms with Gasteiger partial charge in [0, 0.05) is 11.6 Å². The van der Waals surface area contributed by atoms with Crippen molar-refractivity contribution in [2.45, 2.75) is 13.8 Å². The number of aromatic carboxylic acids is 1. The molecule has 0 atom stereocenters. The first-order chi connectivity index (χ1) is 10.1. The first-order valence-corrected chi connectivity index (χ1v) is 7.23. The van der Waals surface area contributed by atoms with Gasteiger partial charge in [0.1, 0.15) is 10.6 Å². The summed E-state index contributed by atoms with van der Waals surface area (Å²) >= 11 is 1.22. The number of carboxylic acids is 1. The number of hydrogen-bond donors (Lipinski definition) is 1. The third-order valence-corrected chi connectivity index (χ3v) is 4.46. The molecule has 0 amide bonds. The summed E-state index contributed by atoms with van der Waals surface area (Å²) < 4.78 is 6.69. The molecule has 1 aromatic carbocycles. The normalized spacial score (nSPS) is 10.8. The summed E-state index contributed by atoms with van der Waals surface area (Å²) in [6.07, 6.45) is 3.29. The molecule has 21 heavy (non-hydrogen) atoms. The summed E-state index contributed by atoms with van der Waals surface area (Å²) in [7, 11) is 0. The van der Waals surface area contributed by atoms with Crippen LogP contribution in [0.15, 0.2) is 36.7 Å². The maximum atomic E-state index is 11.2. The molecule has 0 saturated heterocycles. The van der Waals surface area contributed by atoms with Gasteiger partial charge in [-0.15, -0.1) is 11.3 Å². The molecule has 2 aromatic heterocycles. The van der Waals surface area contributed by atoms with Crippen molar-refractivity contribution in [1.29, 1.82) is 0 Å². The second-order valence-electron chi connectivity index (χ2n) is 4.79. The molecule has 0 aliphatic carbocycles. The summed E-state index contributed by atoms with van der Waals surface area (Å²) in [5, 5.41) is 10.0. The Morgan fingerprint density at radius 2 is 1.90 bits per heavy atom. The number of ether oxygens (including phenoxy) is 1. The van der Waals surface area contributed by atoms with Gasteiger partial charge in [0.25, 0.3) is 0 Å². The van der Waals surface area contributed by atoms with E-state index in [9.17, 15) is 9.90 Å². The molecule has 0 fully saturated rings. The molecule has 0 unspecified atom stereocenters. The second kappa shape index (κ2) is 5.18. The number of rotatable bonds is 3. The third kappa shape index (κ3) is 2.48. The smallest absolute Gasteiger partial charge is 0.346 e. The number of nitrogens with zero attached hydrogens (tertiary/aromatic N) is 1. The van der Waals surface area contributed by atoms with Gasteiger partial charge < -0.3 is 9.84 Å². The van der Waals surface area contributed by atoms with Crippen LogP contribution < -0.4 is 4.74 Å². The van der Waals surface area contributed by atoms with E-state index in [0.29, 0.717) is 21.9 Å². The maximum absolute atomic E-state index is 11.2. The summed E-state index contributed by atoms with van der Waals surface area (Å²) in [5.41, 5.74) is 1.87. The zero-order valence-corrected chi connectivity index (χ0v) is 12.4. The molecule has 3 rings (SSSR count). The number of fused-ring (bicyclic) bond motifs is 1. The van der Waals surface area contributed by atoms with Gasteiger partial charge in [-0.1, -0.05) is 17.7 Å². The first-order valence-electron chi connectivity index (χ1n) is 6.41. The lowest BCUT2D eigenvalue weighted by Gasteiger charge is -2.07. The second-order valence-corrected chi connectivity index (χ2v) is 5.84. The molecule has 0 bridgehead atoms. The Hall–Kier alpha value is -2.40. The van der Waals surface area contributed by atoms with Gasteiger partial charge in [0.05, 0.1) is 10.9 Å². The summed E-state index contributed by atoms with van der Waals surface area (Å²) in [6.45, 7) is 3.80. The number of thiophene rings is 1. The van der Waals surface area contributed by atoms with Crippen molar-refractivity contribution < 1.29 is 14.6 Å². The molecule has 0 spiro atoms. The molecule has 4 nitrogen and oxygen atoms in total. The average Bonchev–Trinajstić information content (AvgIpc) is 2.80. The first kappa shape index (κ1) is 13.6. The molecular formula is C16H13NO3S. The molecule has 106 valence electrons. The van der Waals surface area contributed by atoms with Crippen molar-refractivity contribution in [3.8, 4) is 11.5 Å². The van der Waals surface area contributed by atoms with E-state index in [2.05, 4.69) is 4.98 Å². The fourth-order valence-electron chi connectivity index (χ4n) is 2.18. The van der Waals surface area contributed by atoms with Crippen LogP contribution in [0.2, 0.25) is 0 Å². The molecule has 0 aliphatic heterocycles. The fourth-order valence-corrected chi connectivity index (χ4v) is 3.22. The standard InChI is InChI=1S/C16H13NO3S/c1-9-3-5-11(6-4-9)20-12-7-17-8-13-14(12)10(2)15(21-13)16(18)19/h3-8H,1-2H3,(H,18,19). The van der Waals surface area contributed by atoms with Gasteiger partial charge in [-0.2, -0.15) is 0 Å². The Morgan fingerprint density at radius 3 is 2.57 bits per heavy atom. The summed E-state index contributed by atoms with van der Waals surface area (Å²) in [4.78, 5) is 15.7. The molecule has 1 N–H and O–H groups in total. The van der Waals surface area contributed by atoms with Crippen molar-refractivity contribution in [1.82, 2.24) is 4.98 Å². The number of aromatic nitrogens is 1. The van der Waals surface area contributed by atoms with Crippen LogP contribution >= 0.6 is 11.3 Å². The Labute approximate surface area is 125 Å². The predicted molar refractivity (Wildman–Crippen MR) is 82.6 cm³/mol. The minimum absolute atomic E-state index is 0.326. The maximum Gasteiger partial charge on any atom is 0.346 e. The van der Waals surface area contributed by atoms with E-state index in [1.54, 1.807) is 19.3 Å². The van der Waals surface area contributed by atoms with E-state index in [0.717, 1.165) is 15.6 Å². The predicted octanol–water partition coefficient (Wildman–Crippen LogP) is 4.40. The number of hydrogen-bond acceptors (Lipinski definition) is 4. The van der Waals surface area contributed by atoms with Crippen molar-refractivity contribution in [3.05, 3.63) is 52.7 Å². The van der Waals surface area contributed by atoms with Crippen LogP contribution in [0.25, 0.3) is 10.1 Å². The van der Waals surface area contributed by atoms with Gasteiger partial charge in [0.2, 0.25) is 0 Å². The summed E-state index contributed by atoms with van der Waals surface area (Å²) in [6, 6.07) is 7.69. The third-order valence-electron chi connectivity index (χ3n) is 3.25. The molecule has 2 heterocycles. The van der Waals surface area contributed by atoms with Crippen LogP contribution in [0.5, 0.6) is 11.5 Å². The molecular weight excluding hydrogens is 286 g/mol. The van der Waals surface area contributed by atoms with Crippen molar-refractivity contribution in [3.63, 3.8) is 0 Å². The Balaban J connectivity index is 2.10. The highest BCUT2D eigenvalue weighted by Gasteiger charge is 2.18. The van der Waals surface area contributed by atoms with Crippen molar-refractivity contribution in [2.75, 3.05) is 0 Å². The van der Waals surface area contributed by atoms with Gasteiger partial charge in [-0.05, 0) is 31.5 Å². The number of benzene rings is 1. The number of aryl methyl sites for hydroxylation is 2. The minimum atomic E-state index is -0.921. The van der Waals surface area contributed by atoms with E-state index in [-0.39, 0.29) is 0 Å². The van der Waals surface area contributed by atoms with E-state index in [4.69, 9.17) is 4.74 Å². The van der Waals surface area contributed by atoms with Crippen LogP contribution in [-0.2, 0) is 0 Å². The lowest BCUT2D eigenvalue weighted by molar-refractivity contribution is 0.0701. The Bertz CT molecular complexity index is 821. The van der Waals surface area contributed by atoms with E-state index in [1.165, 1.54) is 11.3 Å².